The third kappa shape index (κ3) is 4.10. The summed E-state index contributed by atoms with van der Waals surface area (Å²) in [6.07, 6.45) is 1.55. The minimum atomic E-state index is -3.61. The maximum atomic E-state index is 12.8. The average molecular weight is 344 g/mol. The summed E-state index contributed by atoms with van der Waals surface area (Å²) in [6.45, 7) is 4.05. The lowest BCUT2D eigenvalue weighted by atomic mass is 10.1. The van der Waals surface area contributed by atoms with Gasteiger partial charge in [-0.15, -0.1) is 6.58 Å². The Kier molecular flexibility index (Phi) is 5.89. The highest BCUT2D eigenvalue weighted by molar-refractivity contribution is 7.89. The number of carbonyl (C=O) groups excluding carboxylic acids is 1. The Bertz CT molecular complexity index is 800. The molecule has 24 heavy (non-hydrogen) atoms. The topological polar surface area (TPSA) is 66.5 Å². The molecule has 126 valence electrons. The molecule has 1 amide bonds. The zero-order valence-electron chi connectivity index (χ0n) is 13.5. The van der Waals surface area contributed by atoms with Gasteiger partial charge in [-0.25, -0.2) is 8.42 Å². The number of amides is 1. The largest absolute Gasteiger partial charge is 0.355 e. The van der Waals surface area contributed by atoms with Crippen LogP contribution in [0.3, 0.4) is 0 Å². The van der Waals surface area contributed by atoms with E-state index in [2.05, 4.69) is 11.9 Å². The molecule has 0 saturated carbocycles. The number of hydrogen-bond acceptors (Lipinski definition) is 3. The van der Waals surface area contributed by atoms with Crippen LogP contribution in [0.5, 0.6) is 0 Å². The van der Waals surface area contributed by atoms with Crippen LogP contribution < -0.4 is 5.32 Å². The molecule has 0 radical (unpaired) electrons. The van der Waals surface area contributed by atoms with Gasteiger partial charge in [-0.1, -0.05) is 36.4 Å². The molecule has 0 unspecified atom stereocenters. The summed E-state index contributed by atoms with van der Waals surface area (Å²) in [5.74, 6) is -0.179. The van der Waals surface area contributed by atoms with E-state index in [1.807, 2.05) is 0 Å². The van der Waals surface area contributed by atoms with Crippen LogP contribution in [0.2, 0.25) is 0 Å². The Hall–Kier alpha value is -2.44. The number of benzene rings is 2. The van der Waals surface area contributed by atoms with E-state index >= 15 is 0 Å². The number of sulfonamides is 1. The SMILES string of the molecule is C=CCN(Cc1ccc(C(=O)NC)cc1)S(=O)(=O)c1ccccc1. The van der Waals surface area contributed by atoms with E-state index in [0.717, 1.165) is 5.56 Å². The standard InChI is InChI=1S/C18H20N2O3S/c1-3-13-20(24(22,23)17-7-5-4-6-8-17)14-15-9-11-16(12-10-15)18(21)19-2/h3-12H,1,13-14H2,2H3,(H,19,21). The van der Waals surface area contributed by atoms with E-state index < -0.39 is 10.0 Å². The lowest BCUT2D eigenvalue weighted by Gasteiger charge is -2.21. The van der Waals surface area contributed by atoms with E-state index in [1.165, 1.54) is 4.31 Å². The van der Waals surface area contributed by atoms with E-state index in [4.69, 9.17) is 0 Å². The summed E-state index contributed by atoms with van der Waals surface area (Å²) in [5, 5.41) is 2.55. The van der Waals surface area contributed by atoms with Gasteiger partial charge in [0.1, 0.15) is 0 Å². The van der Waals surface area contributed by atoms with Crippen LogP contribution in [0.15, 0.2) is 72.1 Å². The van der Waals surface area contributed by atoms with Crippen LogP contribution in [-0.4, -0.2) is 32.2 Å². The smallest absolute Gasteiger partial charge is 0.251 e. The van der Waals surface area contributed by atoms with Gasteiger partial charge in [0.2, 0.25) is 10.0 Å². The second kappa shape index (κ2) is 7.90. The molecule has 2 rings (SSSR count). The highest BCUT2D eigenvalue weighted by atomic mass is 32.2. The van der Waals surface area contributed by atoms with Crippen LogP contribution in [0.4, 0.5) is 0 Å². The molecule has 5 nitrogen and oxygen atoms in total. The molecule has 1 N–H and O–H groups in total. The van der Waals surface area contributed by atoms with Crippen molar-refractivity contribution in [3.8, 4) is 0 Å². The number of nitrogens with zero attached hydrogens (tertiary/aromatic N) is 1. The minimum Gasteiger partial charge on any atom is -0.355 e. The zero-order valence-corrected chi connectivity index (χ0v) is 14.3. The van der Waals surface area contributed by atoms with E-state index in [0.29, 0.717) is 5.56 Å². The van der Waals surface area contributed by atoms with Crippen LogP contribution in [0, 0.1) is 0 Å². The van der Waals surface area contributed by atoms with Gasteiger partial charge in [-0.05, 0) is 29.8 Å². The van der Waals surface area contributed by atoms with Crippen LogP contribution in [0.25, 0.3) is 0 Å². The van der Waals surface area contributed by atoms with Crippen LogP contribution >= 0.6 is 0 Å². The highest BCUT2D eigenvalue weighted by Gasteiger charge is 2.23. The Morgan fingerprint density at radius 2 is 1.75 bits per heavy atom. The third-order valence-corrected chi connectivity index (χ3v) is 5.34. The third-order valence-electron chi connectivity index (χ3n) is 3.52. The Labute approximate surface area is 142 Å². The summed E-state index contributed by atoms with van der Waals surface area (Å²) < 4.78 is 26.9. The van der Waals surface area contributed by atoms with E-state index in [9.17, 15) is 13.2 Å². The Balaban J connectivity index is 2.26. The molecule has 0 fully saturated rings. The lowest BCUT2D eigenvalue weighted by molar-refractivity contribution is 0.0963. The molecule has 0 aliphatic heterocycles. The normalized spacial score (nSPS) is 11.2. The maximum absolute atomic E-state index is 12.8. The predicted molar refractivity (Wildman–Crippen MR) is 94.1 cm³/mol. The van der Waals surface area contributed by atoms with Crippen molar-refractivity contribution in [2.75, 3.05) is 13.6 Å². The summed E-state index contributed by atoms with van der Waals surface area (Å²) in [4.78, 5) is 11.8. The quantitative estimate of drug-likeness (QED) is 0.785. The van der Waals surface area contributed by atoms with Gasteiger partial charge < -0.3 is 5.32 Å². The minimum absolute atomic E-state index is 0.179. The first kappa shape index (κ1) is 17.9. The van der Waals surface area contributed by atoms with Crippen molar-refractivity contribution >= 4 is 15.9 Å². The summed E-state index contributed by atoms with van der Waals surface area (Å²) in [5.41, 5.74) is 1.33. The summed E-state index contributed by atoms with van der Waals surface area (Å²) >= 11 is 0. The van der Waals surface area contributed by atoms with Gasteiger partial charge in [0.25, 0.3) is 5.91 Å². The van der Waals surface area contributed by atoms with Crippen molar-refractivity contribution in [3.63, 3.8) is 0 Å². The maximum Gasteiger partial charge on any atom is 0.251 e. The first-order valence-corrected chi connectivity index (χ1v) is 8.90. The van der Waals surface area contributed by atoms with Gasteiger partial charge in [0, 0.05) is 25.7 Å². The number of rotatable bonds is 7. The van der Waals surface area contributed by atoms with Crippen LogP contribution in [0.1, 0.15) is 15.9 Å². The molecule has 0 bridgehead atoms. The van der Waals surface area contributed by atoms with E-state index in [-0.39, 0.29) is 23.9 Å². The summed E-state index contributed by atoms with van der Waals surface area (Å²) in [7, 11) is -2.05. The lowest BCUT2D eigenvalue weighted by Crippen LogP contribution is -2.30. The second-order valence-electron chi connectivity index (χ2n) is 5.18. The molecule has 0 saturated heterocycles. The van der Waals surface area contributed by atoms with Gasteiger partial charge in [-0.2, -0.15) is 4.31 Å². The molecule has 2 aromatic rings. The zero-order chi connectivity index (χ0) is 17.6. The van der Waals surface area contributed by atoms with Crippen molar-refractivity contribution in [1.29, 1.82) is 0 Å². The fourth-order valence-electron chi connectivity index (χ4n) is 2.24. The van der Waals surface area contributed by atoms with Crippen molar-refractivity contribution in [1.82, 2.24) is 9.62 Å². The van der Waals surface area contributed by atoms with Crippen molar-refractivity contribution in [2.24, 2.45) is 0 Å². The van der Waals surface area contributed by atoms with Gasteiger partial charge in [-0.3, -0.25) is 4.79 Å². The summed E-state index contributed by atoms with van der Waals surface area (Å²) in [6, 6.07) is 15.1. The monoisotopic (exact) mass is 344 g/mol. The first-order valence-electron chi connectivity index (χ1n) is 7.46. The molecule has 0 heterocycles. The molecule has 2 aromatic carbocycles. The fourth-order valence-corrected chi connectivity index (χ4v) is 3.66. The van der Waals surface area contributed by atoms with Gasteiger partial charge in [0.05, 0.1) is 4.90 Å². The Morgan fingerprint density at radius 1 is 1.12 bits per heavy atom. The van der Waals surface area contributed by atoms with Gasteiger partial charge in [0.15, 0.2) is 0 Å². The number of nitrogens with one attached hydrogen (secondary N) is 1. The molecule has 6 heteroatoms. The molecule has 0 atom stereocenters. The highest BCUT2D eigenvalue weighted by Crippen LogP contribution is 2.18. The van der Waals surface area contributed by atoms with Crippen molar-refractivity contribution < 1.29 is 13.2 Å². The molecule has 0 aromatic heterocycles. The fraction of sp³-hybridized carbons (Fsp3) is 0.167. The number of hydrogen-bond donors (Lipinski definition) is 1. The second-order valence-corrected chi connectivity index (χ2v) is 7.11. The van der Waals surface area contributed by atoms with Crippen molar-refractivity contribution in [3.05, 3.63) is 78.4 Å². The predicted octanol–water partition coefficient (Wildman–Crippen LogP) is 2.42. The Morgan fingerprint density at radius 3 is 2.29 bits per heavy atom. The van der Waals surface area contributed by atoms with Gasteiger partial charge >= 0.3 is 0 Å². The molecule has 0 spiro atoms. The number of carbonyl (C=O) groups is 1. The first-order chi connectivity index (χ1) is 11.5. The molecular formula is C18H20N2O3S. The van der Waals surface area contributed by atoms with Crippen molar-refractivity contribution in [2.45, 2.75) is 11.4 Å². The molecule has 0 aliphatic rings. The molecular weight excluding hydrogens is 324 g/mol. The average Bonchev–Trinajstić information content (AvgIpc) is 2.62. The van der Waals surface area contributed by atoms with Crippen LogP contribution in [-0.2, 0) is 16.6 Å². The molecule has 0 aliphatic carbocycles. The van der Waals surface area contributed by atoms with E-state index in [1.54, 1.807) is 67.7 Å².